The normalized spacial score (nSPS) is 15.0. The summed E-state index contributed by atoms with van der Waals surface area (Å²) in [6.07, 6.45) is 5.82. The molecule has 0 atom stereocenters. The molecule has 1 N–H and O–H groups in total. The van der Waals surface area contributed by atoms with Gasteiger partial charge in [0.2, 0.25) is 0 Å². The quantitative estimate of drug-likeness (QED) is 0.896. The molecule has 1 aromatic carbocycles. The number of benzene rings is 1. The first kappa shape index (κ1) is 11.1. The third-order valence-corrected chi connectivity index (χ3v) is 3.26. The molecule has 0 spiro atoms. The number of oxazole rings is 1. The summed E-state index contributed by atoms with van der Waals surface area (Å²) in [4.78, 5) is 6.48. The largest absolute Gasteiger partial charge is 0.432 e. The number of aromatic nitrogens is 1. The highest BCUT2D eigenvalue weighted by molar-refractivity contribution is 5.49. The Kier molecular flexibility index (Phi) is 3.17. The molecule has 1 aliphatic rings. The van der Waals surface area contributed by atoms with Crippen LogP contribution in [-0.4, -0.2) is 18.1 Å². The standard InChI is InChI=1S/C14H17N3O/c1-2-8-17(7-1)13-5-3-4-12(10-13)11-16-14-15-6-9-18-14/h3-6,9-10H,1-2,7-8,11H2,(H,15,16). The molecule has 2 heterocycles. The van der Waals surface area contributed by atoms with Crippen LogP contribution in [0, 0.1) is 0 Å². The van der Waals surface area contributed by atoms with Gasteiger partial charge in [0, 0.05) is 25.3 Å². The van der Waals surface area contributed by atoms with Crippen molar-refractivity contribution >= 4 is 11.7 Å². The molecule has 1 fully saturated rings. The highest BCUT2D eigenvalue weighted by Crippen LogP contribution is 2.21. The smallest absolute Gasteiger partial charge is 0.294 e. The van der Waals surface area contributed by atoms with E-state index in [1.54, 1.807) is 12.5 Å². The summed E-state index contributed by atoms with van der Waals surface area (Å²) in [6.45, 7) is 3.09. The van der Waals surface area contributed by atoms with Gasteiger partial charge in [-0.1, -0.05) is 12.1 Å². The van der Waals surface area contributed by atoms with Gasteiger partial charge in [0.1, 0.15) is 6.26 Å². The van der Waals surface area contributed by atoms with Crippen molar-refractivity contribution in [2.75, 3.05) is 23.3 Å². The molecular formula is C14H17N3O. The number of rotatable bonds is 4. The van der Waals surface area contributed by atoms with Crippen LogP contribution in [0.2, 0.25) is 0 Å². The molecule has 1 aliphatic heterocycles. The van der Waals surface area contributed by atoms with E-state index in [-0.39, 0.29) is 0 Å². The second-order valence-electron chi connectivity index (χ2n) is 4.55. The second-order valence-corrected chi connectivity index (χ2v) is 4.55. The van der Waals surface area contributed by atoms with Gasteiger partial charge in [0.05, 0.1) is 6.20 Å². The zero-order valence-electron chi connectivity index (χ0n) is 10.3. The average Bonchev–Trinajstić information content (AvgIpc) is 3.10. The van der Waals surface area contributed by atoms with Gasteiger partial charge in [-0.3, -0.25) is 0 Å². The van der Waals surface area contributed by atoms with E-state index in [2.05, 4.69) is 39.5 Å². The fraction of sp³-hybridized carbons (Fsp3) is 0.357. The van der Waals surface area contributed by atoms with Crippen molar-refractivity contribution in [1.82, 2.24) is 4.98 Å². The molecule has 0 radical (unpaired) electrons. The minimum Gasteiger partial charge on any atom is -0.432 e. The predicted molar refractivity (Wildman–Crippen MR) is 71.7 cm³/mol. The Morgan fingerprint density at radius 1 is 1.28 bits per heavy atom. The Morgan fingerprint density at radius 2 is 2.17 bits per heavy atom. The van der Waals surface area contributed by atoms with Crippen LogP contribution in [0.3, 0.4) is 0 Å². The first-order valence-electron chi connectivity index (χ1n) is 6.39. The summed E-state index contributed by atoms with van der Waals surface area (Å²) in [5.41, 5.74) is 2.57. The van der Waals surface area contributed by atoms with Gasteiger partial charge in [-0.15, -0.1) is 0 Å². The fourth-order valence-electron chi connectivity index (χ4n) is 2.33. The first-order valence-corrected chi connectivity index (χ1v) is 6.39. The molecule has 0 unspecified atom stereocenters. The van der Waals surface area contributed by atoms with Crippen molar-refractivity contribution in [1.29, 1.82) is 0 Å². The van der Waals surface area contributed by atoms with E-state index in [1.807, 2.05) is 0 Å². The molecular weight excluding hydrogens is 226 g/mol. The lowest BCUT2D eigenvalue weighted by Gasteiger charge is -2.18. The Labute approximate surface area is 107 Å². The predicted octanol–water partition coefficient (Wildman–Crippen LogP) is 2.89. The van der Waals surface area contributed by atoms with Crippen LogP contribution in [0.25, 0.3) is 0 Å². The molecule has 0 amide bonds. The van der Waals surface area contributed by atoms with Crippen LogP contribution in [-0.2, 0) is 6.54 Å². The highest BCUT2D eigenvalue weighted by Gasteiger charge is 2.12. The molecule has 1 aromatic heterocycles. The maximum atomic E-state index is 5.15. The van der Waals surface area contributed by atoms with Crippen LogP contribution in [0.4, 0.5) is 11.7 Å². The van der Waals surface area contributed by atoms with Crippen molar-refractivity contribution in [3.05, 3.63) is 42.3 Å². The molecule has 4 nitrogen and oxygen atoms in total. The van der Waals surface area contributed by atoms with E-state index in [0.29, 0.717) is 6.01 Å². The van der Waals surface area contributed by atoms with Gasteiger partial charge in [-0.05, 0) is 30.5 Å². The van der Waals surface area contributed by atoms with Gasteiger partial charge >= 0.3 is 0 Å². The van der Waals surface area contributed by atoms with Crippen LogP contribution in [0.1, 0.15) is 18.4 Å². The number of nitrogens with zero attached hydrogens (tertiary/aromatic N) is 2. The molecule has 18 heavy (non-hydrogen) atoms. The molecule has 0 saturated carbocycles. The van der Waals surface area contributed by atoms with Gasteiger partial charge < -0.3 is 14.6 Å². The first-order chi connectivity index (χ1) is 8.92. The van der Waals surface area contributed by atoms with Crippen LogP contribution in [0.5, 0.6) is 0 Å². The fourth-order valence-corrected chi connectivity index (χ4v) is 2.33. The van der Waals surface area contributed by atoms with Crippen molar-refractivity contribution < 1.29 is 4.42 Å². The molecule has 94 valence electrons. The van der Waals surface area contributed by atoms with Crippen LogP contribution in [0.15, 0.2) is 41.1 Å². The SMILES string of the molecule is c1cc(CNc2ncco2)cc(N2CCCC2)c1. The minimum absolute atomic E-state index is 0.571. The molecule has 1 saturated heterocycles. The van der Waals surface area contributed by atoms with Crippen molar-refractivity contribution in [2.24, 2.45) is 0 Å². The Balaban J connectivity index is 1.66. The summed E-state index contributed by atoms with van der Waals surface area (Å²) in [5, 5.41) is 3.16. The Bertz CT molecular complexity index is 490. The summed E-state index contributed by atoms with van der Waals surface area (Å²) in [5.74, 6) is 0. The number of hydrogen-bond donors (Lipinski definition) is 1. The van der Waals surface area contributed by atoms with E-state index in [1.165, 1.54) is 37.2 Å². The van der Waals surface area contributed by atoms with E-state index in [0.717, 1.165) is 6.54 Å². The number of nitrogens with one attached hydrogen (secondary N) is 1. The lowest BCUT2D eigenvalue weighted by atomic mass is 10.2. The van der Waals surface area contributed by atoms with Crippen LogP contribution >= 0.6 is 0 Å². The van der Waals surface area contributed by atoms with E-state index in [4.69, 9.17) is 4.42 Å². The lowest BCUT2D eigenvalue weighted by molar-refractivity contribution is 0.571. The van der Waals surface area contributed by atoms with Gasteiger partial charge in [0.25, 0.3) is 6.01 Å². The number of hydrogen-bond acceptors (Lipinski definition) is 4. The lowest BCUT2D eigenvalue weighted by Crippen LogP contribution is -2.17. The molecule has 0 aliphatic carbocycles. The van der Waals surface area contributed by atoms with E-state index in [9.17, 15) is 0 Å². The Morgan fingerprint density at radius 3 is 2.94 bits per heavy atom. The zero-order valence-corrected chi connectivity index (χ0v) is 10.3. The van der Waals surface area contributed by atoms with Crippen molar-refractivity contribution in [2.45, 2.75) is 19.4 Å². The maximum absolute atomic E-state index is 5.15. The highest BCUT2D eigenvalue weighted by atomic mass is 16.4. The minimum atomic E-state index is 0.571. The van der Waals surface area contributed by atoms with E-state index < -0.39 is 0 Å². The van der Waals surface area contributed by atoms with Gasteiger partial charge in [-0.25, -0.2) is 4.98 Å². The molecule has 2 aromatic rings. The number of anilines is 2. The summed E-state index contributed by atoms with van der Waals surface area (Å²) in [6, 6.07) is 9.22. The Hall–Kier alpha value is -1.97. The summed E-state index contributed by atoms with van der Waals surface area (Å²) < 4.78 is 5.15. The van der Waals surface area contributed by atoms with Crippen molar-refractivity contribution in [3.63, 3.8) is 0 Å². The van der Waals surface area contributed by atoms with Gasteiger partial charge in [0.15, 0.2) is 0 Å². The molecule has 0 bridgehead atoms. The summed E-state index contributed by atoms with van der Waals surface area (Å²) >= 11 is 0. The average molecular weight is 243 g/mol. The summed E-state index contributed by atoms with van der Waals surface area (Å²) in [7, 11) is 0. The van der Waals surface area contributed by atoms with Crippen molar-refractivity contribution in [3.8, 4) is 0 Å². The topological polar surface area (TPSA) is 41.3 Å². The van der Waals surface area contributed by atoms with E-state index >= 15 is 0 Å². The third kappa shape index (κ3) is 2.47. The third-order valence-electron chi connectivity index (χ3n) is 3.26. The zero-order chi connectivity index (χ0) is 12.2. The maximum Gasteiger partial charge on any atom is 0.294 e. The monoisotopic (exact) mass is 243 g/mol. The second kappa shape index (κ2) is 5.12. The molecule has 4 heteroatoms. The van der Waals surface area contributed by atoms with Crippen LogP contribution < -0.4 is 10.2 Å². The molecule has 3 rings (SSSR count). The van der Waals surface area contributed by atoms with Gasteiger partial charge in [-0.2, -0.15) is 0 Å².